The van der Waals surface area contributed by atoms with Gasteiger partial charge in [-0.05, 0) is 90.1 Å². The molecule has 0 saturated heterocycles. The molecule has 2 aromatic rings. The SMILES string of the molecule is C=CCc1ccc(OC(C)(C)C)c(OC)c1.C=CCc1cccc(C)c1OC(C)(C)C. The lowest BCUT2D eigenvalue weighted by atomic mass is 10.1. The van der Waals surface area contributed by atoms with E-state index < -0.39 is 0 Å². The summed E-state index contributed by atoms with van der Waals surface area (Å²) in [7, 11) is 1.66. The van der Waals surface area contributed by atoms with Crippen LogP contribution in [0.1, 0.15) is 58.2 Å². The number of benzene rings is 2. The van der Waals surface area contributed by atoms with E-state index in [1.807, 2.05) is 51.1 Å². The lowest BCUT2D eigenvalue weighted by molar-refractivity contribution is 0.125. The third kappa shape index (κ3) is 9.78. The third-order valence-electron chi connectivity index (χ3n) is 4.09. The van der Waals surface area contributed by atoms with Gasteiger partial charge in [-0.3, -0.25) is 0 Å². The minimum atomic E-state index is -0.215. The van der Waals surface area contributed by atoms with Crippen LogP contribution in [-0.4, -0.2) is 18.3 Å². The van der Waals surface area contributed by atoms with Gasteiger partial charge in [-0.1, -0.05) is 36.4 Å². The van der Waals surface area contributed by atoms with E-state index in [9.17, 15) is 0 Å². The highest BCUT2D eigenvalue weighted by Gasteiger charge is 2.16. The molecule has 170 valence electrons. The highest BCUT2D eigenvalue weighted by Crippen LogP contribution is 2.31. The van der Waals surface area contributed by atoms with Gasteiger partial charge < -0.3 is 14.2 Å². The van der Waals surface area contributed by atoms with Crippen LogP contribution in [0.2, 0.25) is 0 Å². The number of hydrogen-bond donors (Lipinski definition) is 0. The van der Waals surface area contributed by atoms with Crippen LogP contribution in [0.4, 0.5) is 0 Å². The Bertz CT molecular complexity index is 852. The molecule has 2 rings (SSSR count). The molecule has 0 N–H and O–H groups in total. The standard InChI is InChI=1S/C14H20O2.C14H20O/c1-6-7-11-8-9-12(13(10-11)15-5)16-14(2,3)4;1-6-8-12-10-7-9-11(2)13(12)15-14(3,4)5/h6,8-10H,1,7H2,2-5H3;6-7,9-10H,1,8H2,2-5H3. The van der Waals surface area contributed by atoms with Crippen molar-refractivity contribution in [3.8, 4) is 17.2 Å². The lowest BCUT2D eigenvalue weighted by Crippen LogP contribution is -2.24. The second-order valence-corrected chi connectivity index (χ2v) is 9.46. The first-order valence-electron chi connectivity index (χ1n) is 10.8. The Labute approximate surface area is 189 Å². The molecule has 31 heavy (non-hydrogen) atoms. The number of hydrogen-bond acceptors (Lipinski definition) is 3. The summed E-state index contributed by atoms with van der Waals surface area (Å²) in [6.45, 7) is 21.8. The maximum absolute atomic E-state index is 5.97. The van der Waals surface area contributed by atoms with E-state index in [2.05, 4.69) is 59.1 Å². The summed E-state index contributed by atoms with van der Waals surface area (Å²) in [6, 6.07) is 12.2. The molecular formula is C28H40O3. The number of para-hydroxylation sites is 1. The van der Waals surface area contributed by atoms with Crippen LogP contribution in [0.5, 0.6) is 17.2 Å². The fourth-order valence-corrected chi connectivity index (χ4v) is 2.90. The molecular weight excluding hydrogens is 384 g/mol. The summed E-state index contributed by atoms with van der Waals surface area (Å²) in [4.78, 5) is 0. The molecule has 3 heteroatoms. The largest absolute Gasteiger partial charge is 0.493 e. The topological polar surface area (TPSA) is 27.7 Å². The molecule has 0 aliphatic carbocycles. The Balaban J connectivity index is 0.000000311. The molecule has 0 amide bonds. The van der Waals surface area contributed by atoms with E-state index in [0.717, 1.165) is 30.1 Å². The van der Waals surface area contributed by atoms with E-state index in [0.29, 0.717) is 0 Å². The minimum Gasteiger partial charge on any atom is -0.493 e. The molecule has 0 spiro atoms. The molecule has 0 fully saturated rings. The third-order valence-corrected chi connectivity index (χ3v) is 4.09. The number of methoxy groups -OCH3 is 1. The quantitative estimate of drug-likeness (QED) is 0.431. The van der Waals surface area contributed by atoms with E-state index in [4.69, 9.17) is 14.2 Å². The molecule has 0 aliphatic heterocycles. The minimum absolute atomic E-state index is 0.151. The summed E-state index contributed by atoms with van der Waals surface area (Å²) in [5.41, 5.74) is 3.20. The van der Waals surface area contributed by atoms with Crippen LogP contribution < -0.4 is 14.2 Å². The fraction of sp³-hybridized carbons (Fsp3) is 0.429. The predicted octanol–water partition coefficient (Wildman–Crippen LogP) is 7.50. The van der Waals surface area contributed by atoms with Gasteiger partial charge in [-0.2, -0.15) is 0 Å². The second-order valence-electron chi connectivity index (χ2n) is 9.46. The summed E-state index contributed by atoms with van der Waals surface area (Å²) in [6.07, 6.45) is 5.47. The van der Waals surface area contributed by atoms with Crippen molar-refractivity contribution >= 4 is 0 Å². The Morgan fingerprint density at radius 1 is 0.806 bits per heavy atom. The van der Waals surface area contributed by atoms with Gasteiger partial charge in [-0.15, -0.1) is 13.2 Å². The summed E-state index contributed by atoms with van der Waals surface area (Å²) >= 11 is 0. The molecule has 0 aromatic heterocycles. The van der Waals surface area contributed by atoms with E-state index in [-0.39, 0.29) is 11.2 Å². The lowest BCUT2D eigenvalue weighted by Gasteiger charge is -2.24. The number of aryl methyl sites for hydroxylation is 1. The highest BCUT2D eigenvalue weighted by atomic mass is 16.5. The number of allylic oxidation sites excluding steroid dienone is 2. The molecule has 0 aliphatic rings. The number of ether oxygens (including phenoxy) is 3. The Hall–Kier alpha value is -2.68. The molecule has 0 bridgehead atoms. The predicted molar refractivity (Wildman–Crippen MR) is 133 cm³/mol. The monoisotopic (exact) mass is 424 g/mol. The number of rotatable bonds is 7. The van der Waals surface area contributed by atoms with Crippen LogP contribution >= 0.6 is 0 Å². The van der Waals surface area contributed by atoms with Crippen LogP contribution in [-0.2, 0) is 12.8 Å². The van der Waals surface area contributed by atoms with Gasteiger partial charge in [0, 0.05) is 0 Å². The molecule has 2 aromatic carbocycles. The van der Waals surface area contributed by atoms with Crippen LogP contribution in [0.15, 0.2) is 61.7 Å². The summed E-state index contributed by atoms with van der Waals surface area (Å²) in [5, 5.41) is 0. The molecule has 0 heterocycles. The van der Waals surface area contributed by atoms with E-state index in [1.54, 1.807) is 7.11 Å². The molecule has 3 nitrogen and oxygen atoms in total. The van der Waals surface area contributed by atoms with Crippen molar-refractivity contribution < 1.29 is 14.2 Å². The summed E-state index contributed by atoms with van der Waals surface area (Å²) < 4.78 is 17.1. The summed E-state index contributed by atoms with van der Waals surface area (Å²) in [5.74, 6) is 2.56. The van der Waals surface area contributed by atoms with Crippen LogP contribution in [0.25, 0.3) is 0 Å². The van der Waals surface area contributed by atoms with Crippen molar-refractivity contribution in [2.45, 2.75) is 72.5 Å². The average Bonchev–Trinajstić information content (AvgIpc) is 2.65. The Morgan fingerprint density at radius 2 is 1.42 bits per heavy atom. The van der Waals surface area contributed by atoms with Gasteiger partial charge in [0.1, 0.15) is 17.0 Å². The zero-order chi connectivity index (χ0) is 23.7. The van der Waals surface area contributed by atoms with Crippen LogP contribution in [0, 0.1) is 6.92 Å². The van der Waals surface area contributed by atoms with Crippen molar-refractivity contribution in [3.05, 3.63) is 78.4 Å². The maximum atomic E-state index is 5.97. The van der Waals surface area contributed by atoms with E-state index >= 15 is 0 Å². The zero-order valence-electron chi connectivity index (χ0n) is 20.7. The second kappa shape index (κ2) is 11.6. The van der Waals surface area contributed by atoms with Gasteiger partial charge in [0.25, 0.3) is 0 Å². The van der Waals surface area contributed by atoms with Gasteiger partial charge in [0.05, 0.1) is 7.11 Å². The smallest absolute Gasteiger partial charge is 0.161 e. The fourth-order valence-electron chi connectivity index (χ4n) is 2.90. The van der Waals surface area contributed by atoms with Gasteiger partial charge in [0.15, 0.2) is 11.5 Å². The van der Waals surface area contributed by atoms with E-state index in [1.165, 1.54) is 16.7 Å². The van der Waals surface area contributed by atoms with Crippen molar-refractivity contribution in [3.63, 3.8) is 0 Å². The molecule has 0 saturated carbocycles. The first-order valence-corrected chi connectivity index (χ1v) is 10.8. The van der Waals surface area contributed by atoms with Crippen LogP contribution in [0.3, 0.4) is 0 Å². The molecule has 0 atom stereocenters. The first kappa shape index (κ1) is 26.4. The zero-order valence-corrected chi connectivity index (χ0v) is 20.7. The van der Waals surface area contributed by atoms with Gasteiger partial charge in [-0.25, -0.2) is 0 Å². The van der Waals surface area contributed by atoms with Crippen molar-refractivity contribution in [2.24, 2.45) is 0 Å². The Kier molecular flexibility index (Phi) is 9.90. The van der Waals surface area contributed by atoms with Gasteiger partial charge >= 0.3 is 0 Å². The van der Waals surface area contributed by atoms with Gasteiger partial charge in [0.2, 0.25) is 0 Å². The van der Waals surface area contributed by atoms with Crippen molar-refractivity contribution in [1.29, 1.82) is 0 Å². The molecule has 0 radical (unpaired) electrons. The Morgan fingerprint density at radius 3 is 1.94 bits per heavy atom. The highest BCUT2D eigenvalue weighted by molar-refractivity contribution is 5.44. The van der Waals surface area contributed by atoms with Crippen molar-refractivity contribution in [1.82, 2.24) is 0 Å². The maximum Gasteiger partial charge on any atom is 0.161 e. The molecule has 0 unspecified atom stereocenters. The first-order chi connectivity index (χ1) is 14.4. The normalized spacial score (nSPS) is 11.1. The average molecular weight is 425 g/mol. The van der Waals surface area contributed by atoms with Crippen molar-refractivity contribution in [2.75, 3.05) is 7.11 Å².